The number of carbonyl (C=O) groups excluding carboxylic acids is 3. The van der Waals surface area contributed by atoms with E-state index in [-0.39, 0.29) is 12.8 Å². The van der Waals surface area contributed by atoms with Crippen LogP contribution in [0.3, 0.4) is 0 Å². The van der Waals surface area contributed by atoms with E-state index in [9.17, 15) is 14.4 Å². The summed E-state index contributed by atoms with van der Waals surface area (Å²) >= 11 is 0. The van der Waals surface area contributed by atoms with Gasteiger partial charge in [-0.1, -0.05) is 91.0 Å². The summed E-state index contributed by atoms with van der Waals surface area (Å²) in [4.78, 5) is 38.6. The van der Waals surface area contributed by atoms with Crippen LogP contribution in [0.4, 0.5) is 0 Å². The Balaban J connectivity index is 1.74. The minimum atomic E-state index is -0.922. The second kappa shape index (κ2) is 13.1. The first kappa shape index (κ1) is 25.6. The number of carbonyl (C=O) groups is 3. The van der Waals surface area contributed by atoms with Crippen molar-refractivity contribution in [1.82, 2.24) is 10.6 Å². The van der Waals surface area contributed by atoms with Crippen LogP contribution in [0, 0.1) is 0 Å². The third-order valence-electron chi connectivity index (χ3n) is 5.64. The summed E-state index contributed by atoms with van der Waals surface area (Å²) in [6.07, 6.45) is 0.847. The fourth-order valence-electron chi connectivity index (χ4n) is 3.76. The van der Waals surface area contributed by atoms with E-state index in [2.05, 4.69) is 10.6 Å². The van der Waals surface area contributed by atoms with Gasteiger partial charge in [-0.3, -0.25) is 9.59 Å². The second-order valence-electron chi connectivity index (χ2n) is 8.32. The summed E-state index contributed by atoms with van der Waals surface area (Å²) < 4.78 is 4.91. The van der Waals surface area contributed by atoms with Crippen molar-refractivity contribution >= 4 is 17.8 Å². The highest BCUT2D eigenvalue weighted by molar-refractivity contribution is 5.92. The number of nitrogens with two attached hydrogens (primary N) is 1. The van der Waals surface area contributed by atoms with Gasteiger partial charge >= 0.3 is 5.97 Å². The summed E-state index contributed by atoms with van der Waals surface area (Å²) in [5.41, 5.74) is 8.81. The molecule has 0 aliphatic carbocycles. The van der Waals surface area contributed by atoms with Crippen LogP contribution in [0.1, 0.15) is 16.7 Å². The Morgan fingerprint density at radius 1 is 0.657 bits per heavy atom. The lowest BCUT2D eigenvalue weighted by Gasteiger charge is -2.24. The molecule has 3 aromatic carbocycles. The Hall–Kier alpha value is -3.97. The minimum absolute atomic E-state index is 0.246. The first-order chi connectivity index (χ1) is 17.0. The Morgan fingerprint density at radius 3 is 1.51 bits per heavy atom. The highest BCUT2D eigenvalue weighted by Crippen LogP contribution is 2.09. The molecule has 0 unspecified atom stereocenters. The monoisotopic (exact) mass is 473 g/mol. The Morgan fingerprint density at radius 2 is 1.06 bits per heavy atom. The number of ether oxygens (including phenoxy) is 1. The number of esters is 1. The molecule has 0 saturated carbocycles. The predicted molar refractivity (Wildman–Crippen MR) is 134 cm³/mol. The molecular weight excluding hydrogens is 442 g/mol. The molecule has 35 heavy (non-hydrogen) atoms. The third kappa shape index (κ3) is 8.08. The van der Waals surface area contributed by atoms with E-state index >= 15 is 0 Å². The SMILES string of the molecule is COC(=O)[C@H](Cc1ccccc1)NC(=O)[C@H](Cc1ccccc1)NC(=O)[C@@H](N)Cc1ccccc1. The average molecular weight is 474 g/mol. The quantitative estimate of drug-likeness (QED) is 0.370. The normalized spacial score (nSPS) is 13.2. The first-order valence-corrected chi connectivity index (χ1v) is 11.5. The maximum Gasteiger partial charge on any atom is 0.328 e. The molecule has 3 aromatic rings. The molecule has 0 saturated heterocycles. The van der Waals surface area contributed by atoms with Crippen molar-refractivity contribution in [3.8, 4) is 0 Å². The summed E-state index contributed by atoms with van der Waals surface area (Å²) in [5.74, 6) is -1.49. The molecule has 2 amide bonds. The smallest absolute Gasteiger partial charge is 0.328 e. The van der Waals surface area contributed by atoms with Crippen LogP contribution < -0.4 is 16.4 Å². The van der Waals surface area contributed by atoms with Gasteiger partial charge in [-0.05, 0) is 23.1 Å². The molecule has 0 aliphatic rings. The largest absolute Gasteiger partial charge is 0.467 e. The van der Waals surface area contributed by atoms with Crippen LogP contribution >= 0.6 is 0 Å². The number of nitrogens with one attached hydrogen (secondary N) is 2. The Bertz CT molecular complexity index is 1090. The van der Waals surface area contributed by atoms with Gasteiger partial charge in [0.25, 0.3) is 0 Å². The van der Waals surface area contributed by atoms with Crippen molar-refractivity contribution in [1.29, 1.82) is 0 Å². The maximum absolute atomic E-state index is 13.3. The first-order valence-electron chi connectivity index (χ1n) is 11.5. The third-order valence-corrected chi connectivity index (χ3v) is 5.64. The van der Waals surface area contributed by atoms with Gasteiger partial charge in [0.05, 0.1) is 13.2 Å². The number of hydrogen-bond donors (Lipinski definition) is 3. The average Bonchev–Trinajstić information content (AvgIpc) is 2.89. The molecule has 7 heteroatoms. The standard InChI is InChI=1S/C28H31N3O4/c1-35-28(34)25(19-22-15-9-4-10-16-22)31-27(33)24(18-21-13-7-3-8-14-21)30-26(32)23(29)17-20-11-5-2-6-12-20/h2-16,23-25H,17-19,29H2,1H3,(H,30,32)(H,31,33)/t23-,24-,25-/m0/s1. The molecule has 7 nitrogen and oxygen atoms in total. The van der Waals surface area contributed by atoms with Crippen LogP contribution in [0.5, 0.6) is 0 Å². The molecule has 3 rings (SSSR count). The number of methoxy groups -OCH3 is 1. The Kier molecular flexibility index (Phi) is 9.57. The molecule has 0 heterocycles. The topological polar surface area (TPSA) is 111 Å². The molecule has 3 atom stereocenters. The van der Waals surface area contributed by atoms with E-state index in [0.29, 0.717) is 6.42 Å². The van der Waals surface area contributed by atoms with Crippen molar-refractivity contribution in [3.63, 3.8) is 0 Å². The molecule has 0 aliphatic heterocycles. The van der Waals surface area contributed by atoms with Gasteiger partial charge in [0.1, 0.15) is 12.1 Å². The van der Waals surface area contributed by atoms with Gasteiger partial charge in [0.2, 0.25) is 11.8 Å². The van der Waals surface area contributed by atoms with Gasteiger partial charge in [-0.2, -0.15) is 0 Å². The lowest BCUT2D eigenvalue weighted by molar-refractivity contribution is -0.145. The highest BCUT2D eigenvalue weighted by atomic mass is 16.5. The lowest BCUT2D eigenvalue weighted by atomic mass is 10.0. The van der Waals surface area contributed by atoms with Crippen LogP contribution in [0.2, 0.25) is 0 Å². The number of rotatable bonds is 11. The van der Waals surface area contributed by atoms with Gasteiger partial charge in [-0.25, -0.2) is 4.79 Å². The highest BCUT2D eigenvalue weighted by Gasteiger charge is 2.29. The van der Waals surface area contributed by atoms with Crippen molar-refractivity contribution in [2.24, 2.45) is 5.73 Å². The molecular formula is C28H31N3O4. The number of benzene rings is 3. The van der Waals surface area contributed by atoms with E-state index in [4.69, 9.17) is 10.5 Å². The van der Waals surface area contributed by atoms with Gasteiger partial charge < -0.3 is 21.1 Å². The van der Waals surface area contributed by atoms with Gasteiger partial charge in [0.15, 0.2) is 0 Å². The van der Waals surface area contributed by atoms with Gasteiger partial charge in [-0.15, -0.1) is 0 Å². The van der Waals surface area contributed by atoms with Crippen LogP contribution in [-0.2, 0) is 38.4 Å². The molecule has 182 valence electrons. The molecule has 0 spiro atoms. The molecule has 4 N–H and O–H groups in total. The van der Waals surface area contributed by atoms with E-state index in [1.807, 2.05) is 91.0 Å². The fraction of sp³-hybridized carbons (Fsp3) is 0.250. The summed E-state index contributed by atoms with van der Waals surface area (Å²) in [7, 11) is 1.28. The van der Waals surface area contributed by atoms with Crippen molar-refractivity contribution < 1.29 is 19.1 Å². The Labute approximate surface area is 205 Å². The van der Waals surface area contributed by atoms with E-state index in [1.54, 1.807) is 0 Å². The van der Waals surface area contributed by atoms with Crippen molar-refractivity contribution in [2.75, 3.05) is 7.11 Å². The van der Waals surface area contributed by atoms with Crippen molar-refractivity contribution in [3.05, 3.63) is 108 Å². The van der Waals surface area contributed by atoms with E-state index < -0.39 is 35.9 Å². The summed E-state index contributed by atoms with van der Waals surface area (Å²) in [5, 5.41) is 5.54. The molecule has 0 radical (unpaired) electrons. The van der Waals surface area contributed by atoms with Crippen LogP contribution in [0.25, 0.3) is 0 Å². The second-order valence-corrected chi connectivity index (χ2v) is 8.32. The maximum atomic E-state index is 13.3. The van der Waals surface area contributed by atoms with E-state index in [0.717, 1.165) is 16.7 Å². The molecule has 0 fully saturated rings. The molecule has 0 aromatic heterocycles. The van der Waals surface area contributed by atoms with Gasteiger partial charge in [0, 0.05) is 12.8 Å². The zero-order chi connectivity index (χ0) is 25.0. The number of hydrogen-bond acceptors (Lipinski definition) is 5. The predicted octanol–water partition coefficient (Wildman–Crippen LogP) is 2.18. The fourth-order valence-corrected chi connectivity index (χ4v) is 3.76. The number of amides is 2. The molecule has 0 bridgehead atoms. The van der Waals surface area contributed by atoms with Crippen LogP contribution in [-0.4, -0.2) is 43.0 Å². The van der Waals surface area contributed by atoms with Crippen molar-refractivity contribution in [2.45, 2.75) is 37.4 Å². The minimum Gasteiger partial charge on any atom is -0.467 e. The lowest BCUT2D eigenvalue weighted by Crippen LogP contribution is -2.56. The summed E-state index contributed by atoms with van der Waals surface area (Å²) in [6, 6.07) is 25.5. The summed E-state index contributed by atoms with van der Waals surface area (Å²) in [6.45, 7) is 0. The van der Waals surface area contributed by atoms with Crippen LogP contribution in [0.15, 0.2) is 91.0 Å². The zero-order valence-corrected chi connectivity index (χ0v) is 19.7. The van der Waals surface area contributed by atoms with E-state index in [1.165, 1.54) is 7.11 Å². The zero-order valence-electron chi connectivity index (χ0n) is 19.7.